The number of anilines is 1. The van der Waals surface area contributed by atoms with E-state index in [4.69, 9.17) is 23.2 Å². The van der Waals surface area contributed by atoms with Crippen molar-refractivity contribution in [1.29, 1.82) is 0 Å². The molecule has 2 aromatic carbocycles. The summed E-state index contributed by atoms with van der Waals surface area (Å²) in [5.41, 5.74) is 2.90. The molecule has 0 saturated heterocycles. The molecule has 1 aliphatic heterocycles. The minimum atomic E-state index is -0.751. The predicted octanol–water partition coefficient (Wildman–Crippen LogP) is 6.96. The number of fused-ring (bicyclic) bond motifs is 4. The van der Waals surface area contributed by atoms with Gasteiger partial charge in [-0.1, -0.05) is 41.8 Å². The molecule has 8 nitrogen and oxygen atoms in total. The zero-order valence-corrected chi connectivity index (χ0v) is 23.9. The molecule has 0 spiro atoms. The topological polar surface area (TPSA) is 90.5 Å². The van der Waals surface area contributed by atoms with Crippen molar-refractivity contribution in [3.05, 3.63) is 105 Å². The minimum absolute atomic E-state index is 0.00732. The standard InChI is InChI=1S/C30H25Cl2F2N7O/c1-17-3-2-4-25(23-11-18(9-10-35-23)20-12-19(33)5-7-22(20)36-14-17)40-16-37-24(13-28(40)42)29-26(8-6-21(31)30(29)34)41-15-27(32)38-39-41/h5-13,15-17,25,36H,2-4,14H2,1H3/t17-,25+/m1/s1. The number of hydrogen-bond donors (Lipinski definition) is 1. The van der Waals surface area contributed by atoms with E-state index in [1.54, 1.807) is 18.3 Å². The van der Waals surface area contributed by atoms with E-state index < -0.39 is 17.4 Å². The van der Waals surface area contributed by atoms with Crippen molar-refractivity contribution in [1.82, 2.24) is 29.5 Å². The third-order valence-corrected chi connectivity index (χ3v) is 7.91. The molecule has 2 bridgehead atoms. The van der Waals surface area contributed by atoms with Crippen molar-refractivity contribution in [3.63, 3.8) is 0 Å². The highest BCUT2D eigenvalue weighted by Gasteiger charge is 2.23. The van der Waals surface area contributed by atoms with Crippen LogP contribution in [0.3, 0.4) is 0 Å². The molecule has 42 heavy (non-hydrogen) atoms. The molecule has 6 rings (SSSR count). The van der Waals surface area contributed by atoms with Crippen molar-refractivity contribution < 1.29 is 8.78 Å². The third-order valence-electron chi connectivity index (χ3n) is 7.44. The lowest BCUT2D eigenvalue weighted by Crippen LogP contribution is -2.26. The molecule has 4 heterocycles. The van der Waals surface area contributed by atoms with E-state index in [0.29, 0.717) is 23.6 Å². The van der Waals surface area contributed by atoms with Crippen LogP contribution in [0.25, 0.3) is 28.1 Å². The van der Waals surface area contributed by atoms with E-state index in [2.05, 4.69) is 32.5 Å². The minimum Gasteiger partial charge on any atom is -0.384 e. The maximum absolute atomic E-state index is 15.4. The van der Waals surface area contributed by atoms with E-state index in [9.17, 15) is 9.18 Å². The van der Waals surface area contributed by atoms with Crippen LogP contribution < -0.4 is 10.9 Å². The first-order valence-electron chi connectivity index (χ1n) is 13.4. The van der Waals surface area contributed by atoms with Crippen LogP contribution in [0.2, 0.25) is 10.2 Å². The fourth-order valence-electron chi connectivity index (χ4n) is 5.30. The summed E-state index contributed by atoms with van der Waals surface area (Å²) in [7, 11) is 0. The number of nitrogens with zero attached hydrogens (tertiary/aromatic N) is 6. The number of halogens is 4. The Bertz CT molecular complexity index is 1840. The van der Waals surface area contributed by atoms with Gasteiger partial charge in [-0.2, -0.15) is 0 Å². The molecular formula is C30H25Cl2F2N7O. The maximum Gasteiger partial charge on any atom is 0.254 e. The average molecular weight is 608 g/mol. The molecule has 0 unspecified atom stereocenters. The van der Waals surface area contributed by atoms with Crippen molar-refractivity contribution in [2.45, 2.75) is 32.2 Å². The monoisotopic (exact) mass is 607 g/mol. The Morgan fingerprint density at radius 3 is 2.67 bits per heavy atom. The van der Waals surface area contributed by atoms with E-state index in [1.165, 1.54) is 46.0 Å². The first-order chi connectivity index (χ1) is 20.3. The van der Waals surface area contributed by atoms with E-state index >= 15 is 4.39 Å². The molecule has 214 valence electrons. The summed E-state index contributed by atoms with van der Waals surface area (Å²) in [6, 6.07) is 12.1. The zero-order chi connectivity index (χ0) is 29.4. The van der Waals surface area contributed by atoms with Crippen LogP contribution in [0.5, 0.6) is 0 Å². The van der Waals surface area contributed by atoms with Gasteiger partial charge in [0, 0.05) is 30.1 Å². The number of aromatic nitrogens is 6. The van der Waals surface area contributed by atoms with Crippen LogP contribution in [0.1, 0.15) is 37.9 Å². The summed E-state index contributed by atoms with van der Waals surface area (Å²) in [6.07, 6.45) is 6.82. The Morgan fingerprint density at radius 1 is 1.02 bits per heavy atom. The lowest BCUT2D eigenvalue weighted by atomic mass is 9.95. The second-order valence-electron chi connectivity index (χ2n) is 10.4. The highest BCUT2D eigenvalue weighted by atomic mass is 35.5. The van der Waals surface area contributed by atoms with Gasteiger partial charge in [0.05, 0.1) is 46.2 Å². The quantitative estimate of drug-likeness (QED) is 0.238. The van der Waals surface area contributed by atoms with Crippen LogP contribution in [-0.2, 0) is 0 Å². The molecule has 0 amide bonds. The summed E-state index contributed by atoms with van der Waals surface area (Å²) in [5, 5.41) is 11.1. The highest BCUT2D eigenvalue weighted by Crippen LogP contribution is 2.34. The SMILES string of the molecule is C[C@@H]1CCC[C@H](n2cnc(-c3c(-n4cc(Cl)nn4)ccc(Cl)c3F)cc2=O)c2cc(ccn2)-c2cc(F)ccc2NC1. The fourth-order valence-corrected chi connectivity index (χ4v) is 5.58. The molecule has 2 atom stereocenters. The van der Waals surface area contributed by atoms with E-state index in [-0.39, 0.29) is 32.9 Å². The summed E-state index contributed by atoms with van der Waals surface area (Å²) in [5.74, 6) is -0.761. The molecular weight excluding hydrogens is 583 g/mol. The Balaban J connectivity index is 1.45. The van der Waals surface area contributed by atoms with Crippen molar-refractivity contribution in [2.24, 2.45) is 5.92 Å². The molecule has 3 aromatic heterocycles. The number of nitrogens with one attached hydrogen (secondary N) is 1. The van der Waals surface area contributed by atoms with Gasteiger partial charge in [-0.15, -0.1) is 5.10 Å². The van der Waals surface area contributed by atoms with Crippen molar-refractivity contribution in [3.8, 4) is 28.1 Å². The normalized spacial score (nSPS) is 17.1. The van der Waals surface area contributed by atoms with Gasteiger partial charge in [-0.05, 0) is 66.8 Å². The summed E-state index contributed by atoms with van der Waals surface area (Å²) >= 11 is 12.0. The second kappa shape index (κ2) is 11.6. The fraction of sp³-hybridized carbons (Fsp3) is 0.233. The molecule has 1 aliphatic rings. The molecule has 1 N–H and O–H groups in total. The van der Waals surface area contributed by atoms with E-state index in [1.807, 2.05) is 12.1 Å². The Kier molecular flexibility index (Phi) is 7.74. The van der Waals surface area contributed by atoms with Crippen molar-refractivity contribution >= 4 is 28.9 Å². The third kappa shape index (κ3) is 5.52. The highest BCUT2D eigenvalue weighted by molar-refractivity contribution is 6.31. The van der Waals surface area contributed by atoms with Crippen molar-refractivity contribution in [2.75, 3.05) is 11.9 Å². The molecule has 12 heteroatoms. The smallest absolute Gasteiger partial charge is 0.254 e. The van der Waals surface area contributed by atoms with Gasteiger partial charge in [-0.25, -0.2) is 18.4 Å². The van der Waals surface area contributed by atoms with Crippen LogP contribution in [0.4, 0.5) is 14.5 Å². The predicted molar refractivity (Wildman–Crippen MR) is 158 cm³/mol. The van der Waals surface area contributed by atoms with Crippen LogP contribution >= 0.6 is 23.2 Å². The van der Waals surface area contributed by atoms with Gasteiger partial charge in [0.15, 0.2) is 11.0 Å². The van der Waals surface area contributed by atoms with Gasteiger partial charge in [-0.3, -0.25) is 14.3 Å². The number of hydrogen-bond acceptors (Lipinski definition) is 6. The van der Waals surface area contributed by atoms with Crippen LogP contribution in [0, 0.1) is 17.6 Å². The van der Waals surface area contributed by atoms with Gasteiger partial charge in [0.25, 0.3) is 5.56 Å². The average Bonchev–Trinajstić information content (AvgIpc) is 3.42. The number of benzene rings is 2. The van der Waals surface area contributed by atoms with Gasteiger partial charge >= 0.3 is 0 Å². The molecule has 0 saturated carbocycles. The van der Waals surface area contributed by atoms with Crippen LogP contribution in [0.15, 0.2) is 72.0 Å². The lowest BCUT2D eigenvalue weighted by molar-refractivity contribution is 0.443. The Hall–Kier alpha value is -4.15. The first kappa shape index (κ1) is 28.0. The van der Waals surface area contributed by atoms with Gasteiger partial charge in [0.2, 0.25) is 0 Å². The molecule has 5 aromatic rings. The first-order valence-corrected chi connectivity index (χ1v) is 14.2. The Labute approximate surface area is 250 Å². The summed E-state index contributed by atoms with van der Waals surface area (Å²) < 4.78 is 32.5. The summed E-state index contributed by atoms with van der Waals surface area (Å²) in [4.78, 5) is 22.8. The van der Waals surface area contributed by atoms with Gasteiger partial charge < -0.3 is 5.32 Å². The maximum atomic E-state index is 15.4. The van der Waals surface area contributed by atoms with Gasteiger partial charge in [0.1, 0.15) is 5.82 Å². The molecule has 0 aliphatic carbocycles. The molecule has 0 fully saturated rings. The van der Waals surface area contributed by atoms with Crippen LogP contribution in [-0.4, -0.2) is 36.1 Å². The van der Waals surface area contributed by atoms with E-state index in [0.717, 1.165) is 30.6 Å². The number of rotatable bonds is 3. The molecule has 0 radical (unpaired) electrons. The number of pyridine rings is 1. The Morgan fingerprint density at radius 2 is 1.88 bits per heavy atom. The lowest BCUT2D eigenvalue weighted by Gasteiger charge is -2.23. The second-order valence-corrected chi connectivity index (χ2v) is 11.1. The largest absolute Gasteiger partial charge is 0.384 e. The zero-order valence-electron chi connectivity index (χ0n) is 22.4. The summed E-state index contributed by atoms with van der Waals surface area (Å²) in [6.45, 7) is 2.87.